The molecule has 1 aliphatic rings. The van der Waals surface area contributed by atoms with Crippen LogP contribution in [0.5, 0.6) is 11.5 Å². The van der Waals surface area contributed by atoms with E-state index in [0.29, 0.717) is 33.5 Å². The van der Waals surface area contributed by atoms with Crippen LogP contribution < -0.4 is 9.64 Å². The van der Waals surface area contributed by atoms with E-state index in [1.54, 1.807) is 42.5 Å². The van der Waals surface area contributed by atoms with Crippen LogP contribution in [0.2, 0.25) is 5.02 Å². The van der Waals surface area contributed by atoms with Crippen molar-refractivity contribution in [3.05, 3.63) is 58.0 Å². The minimum absolute atomic E-state index is 0.0215. The van der Waals surface area contributed by atoms with Crippen LogP contribution >= 0.6 is 23.4 Å². The van der Waals surface area contributed by atoms with Crippen molar-refractivity contribution in [3.8, 4) is 11.5 Å². The predicted octanol–water partition coefficient (Wildman–Crippen LogP) is 4.69. The number of rotatable bonds is 4. The third kappa shape index (κ3) is 3.65. The summed E-state index contributed by atoms with van der Waals surface area (Å²) in [7, 11) is 0. The Kier molecular flexibility index (Phi) is 5.01. The van der Waals surface area contributed by atoms with Crippen molar-refractivity contribution >= 4 is 46.3 Å². The molecule has 7 heteroatoms. The number of phenols is 1. The SMILES string of the molecule is CCOc1cc(/C=C2\SC(=O)N(c3ccc(Cl)cc3)C2=O)ccc1O. The predicted molar refractivity (Wildman–Crippen MR) is 99.2 cm³/mol. The summed E-state index contributed by atoms with van der Waals surface area (Å²) >= 11 is 6.70. The van der Waals surface area contributed by atoms with E-state index in [0.717, 1.165) is 16.7 Å². The highest BCUT2D eigenvalue weighted by atomic mass is 35.5. The van der Waals surface area contributed by atoms with Gasteiger partial charge in [-0.05, 0) is 66.7 Å². The molecule has 1 saturated heterocycles. The molecule has 2 aromatic rings. The van der Waals surface area contributed by atoms with Gasteiger partial charge in [-0.25, -0.2) is 4.90 Å². The van der Waals surface area contributed by atoms with Crippen LogP contribution in [0, 0.1) is 0 Å². The number of phenolic OH excluding ortho intramolecular Hbond substituents is 1. The molecule has 0 atom stereocenters. The summed E-state index contributed by atoms with van der Waals surface area (Å²) in [6, 6.07) is 11.2. The van der Waals surface area contributed by atoms with Crippen LogP contribution in [0.4, 0.5) is 10.5 Å². The highest BCUT2D eigenvalue weighted by molar-refractivity contribution is 8.19. The Morgan fingerprint density at radius 3 is 2.60 bits per heavy atom. The van der Waals surface area contributed by atoms with Gasteiger partial charge in [0.1, 0.15) is 0 Å². The third-order valence-electron chi connectivity index (χ3n) is 3.46. The monoisotopic (exact) mass is 375 g/mol. The van der Waals surface area contributed by atoms with Crippen molar-refractivity contribution in [2.75, 3.05) is 11.5 Å². The zero-order chi connectivity index (χ0) is 18.0. The summed E-state index contributed by atoms with van der Waals surface area (Å²) in [5, 5.41) is 9.90. The Balaban J connectivity index is 1.90. The number of thioether (sulfide) groups is 1. The number of aromatic hydroxyl groups is 1. The zero-order valence-corrected chi connectivity index (χ0v) is 14.8. The first kappa shape index (κ1) is 17.4. The van der Waals surface area contributed by atoms with Gasteiger partial charge in [0, 0.05) is 5.02 Å². The summed E-state index contributed by atoms with van der Waals surface area (Å²) in [6.45, 7) is 2.22. The minimum Gasteiger partial charge on any atom is -0.504 e. The number of hydrogen-bond acceptors (Lipinski definition) is 5. The zero-order valence-electron chi connectivity index (χ0n) is 13.2. The van der Waals surface area contributed by atoms with E-state index >= 15 is 0 Å². The molecule has 0 aromatic heterocycles. The number of hydrogen-bond donors (Lipinski definition) is 1. The van der Waals surface area contributed by atoms with Gasteiger partial charge in [0.2, 0.25) is 0 Å². The summed E-state index contributed by atoms with van der Waals surface area (Å²) in [5.74, 6) is -0.0511. The first-order chi connectivity index (χ1) is 12.0. The summed E-state index contributed by atoms with van der Waals surface area (Å²) < 4.78 is 5.33. The fourth-order valence-electron chi connectivity index (χ4n) is 2.32. The van der Waals surface area contributed by atoms with Gasteiger partial charge < -0.3 is 9.84 Å². The number of halogens is 1. The van der Waals surface area contributed by atoms with E-state index in [1.807, 2.05) is 6.92 Å². The largest absolute Gasteiger partial charge is 0.504 e. The van der Waals surface area contributed by atoms with Crippen molar-refractivity contribution in [3.63, 3.8) is 0 Å². The lowest BCUT2D eigenvalue weighted by Gasteiger charge is -2.12. The van der Waals surface area contributed by atoms with Crippen LogP contribution in [0.15, 0.2) is 47.4 Å². The molecule has 25 heavy (non-hydrogen) atoms. The van der Waals surface area contributed by atoms with Crippen LogP contribution in [0.1, 0.15) is 12.5 Å². The Hall–Kier alpha value is -2.44. The Morgan fingerprint density at radius 1 is 1.20 bits per heavy atom. The number of nitrogens with zero attached hydrogens (tertiary/aromatic N) is 1. The molecule has 0 radical (unpaired) electrons. The van der Waals surface area contributed by atoms with E-state index in [4.69, 9.17) is 16.3 Å². The lowest BCUT2D eigenvalue weighted by molar-refractivity contribution is -0.113. The molecule has 3 rings (SSSR count). The first-order valence-corrected chi connectivity index (χ1v) is 8.68. The molecule has 2 aromatic carbocycles. The smallest absolute Gasteiger partial charge is 0.298 e. The molecule has 0 spiro atoms. The van der Waals surface area contributed by atoms with E-state index in [9.17, 15) is 14.7 Å². The molecule has 1 heterocycles. The molecule has 5 nitrogen and oxygen atoms in total. The van der Waals surface area contributed by atoms with Gasteiger partial charge in [-0.3, -0.25) is 9.59 Å². The van der Waals surface area contributed by atoms with Gasteiger partial charge in [-0.1, -0.05) is 17.7 Å². The Bertz CT molecular complexity index is 864. The maximum absolute atomic E-state index is 12.6. The lowest BCUT2D eigenvalue weighted by Crippen LogP contribution is -2.27. The fourth-order valence-corrected chi connectivity index (χ4v) is 3.29. The van der Waals surface area contributed by atoms with Gasteiger partial charge >= 0.3 is 0 Å². The number of benzene rings is 2. The average molecular weight is 376 g/mol. The molecule has 0 unspecified atom stereocenters. The fraction of sp³-hybridized carbons (Fsp3) is 0.111. The van der Waals surface area contributed by atoms with Gasteiger partial charge in [0.15, 0.2) is 11.5 Å². The molecule has 1 N–H and O–H groups in total. The highest BCUT2D eigenvalue weighted by Crippen LogP contribution is 2.37. The molecule has 0 bridgehead atoms. The number of amides is 2. The Morgan fingerprint density at radius 2 is 1.92 bits per heavy atom. The molecule has 128 valence electrons. The van der Waals surface area contributed by atoms with Crippen molar-refractivity contribution in [2.45, 2.75) is 6.92 Å². The molecule has 1 aliphatic heterocycles. The average Bonchev–Trinajstić information content (AvgIpc) is 2.86. The molecular formula is C18H14ClNO4S. The van der Waals surface area contributed by atoms with Crippen molar-refractivity contribution < 1.29 is 19.4 Å². The second-order valence-electron chi connectivity index (χ2n) is 5.15. The van der Waals surface area contributed by atoms with Crippen molar-refractivity contribution in [2.24, 2.45) is 0 Å². The topological polar surface area (TPSA) is 66.8 Å². The quantitative estimate of drug-likeness (QED) is 0.785. The van der Waals surface area contributed by atoms with Crippen molar-refractivity contribution in [1.29, 1.82) is 0 Å². The van der Waals surface area contributed by atoms with Crippen LogP contribution in [-0.2, 0) is 4.79 Å². The van der Waals surface area contributed by atoms with Crippen LogP contribution in [0.25, 0.3) is 6.08 Å². The van der Waals surface area contributed by atoms with Gasteiger partial charge in [-0.15, -0.1) is 0 Å². The molecule has 2 amide bonds. The second-order valence-corrected chi connectivity index (χ2v) is 6.58. The normalized spacial score (nSPS) is 15.9. The molecule has 1 fully saturated rings. The van der Waals surface area contributed by atoms with Crippen molar-refractivity contribution in [1.82, 2.24) is 0 Å². The maximum Gasteiger partial charge on any atom is 0.298 e. The number of imide groups is 1. The van der Waals surface area contributed by atoms with Crippen LogP contribution in [0.3, 0.4) is 0 Å². The summed E-state index contributed by atoms with van der Waals surface area (Å²) in [6.07, 6.45) is 1.60. The highest BCUT2D eigenvalue weighted by Gasteiger charge is 2.36. The number of anilines is 1. The molecule has 0 aliphatic carbocycles. The standard InChI is InChI=1S/C18H14ClNO4S/c1-2-24-15-9-11(3-8-14(15)21)10-16-17(22)20(18(23)25-16)13-6-4-12(19)5-7-13/h3-10,21H,2H2,1H3/b16-10-. The maximum atomic E-state index is 12.6. The van der Waals surface area contributed by atoms with E-state index in [1.165, 1.54) is 6.07 Å². The van der Waals surface area contributed by atoms with Gasteiger partial charge in [0.05, 0.1) is 17.2 Å². The second kappa shape index (κ2) is 7.21. The number of carbonyl (C=O) groups excluding carboxylic acids is 2. The first-order valence-electron chi connectivity index (χ1n) is 7.49. The van der Waals surface area contributed by atoms with Gasteiger partial charge in [0.25, 0.3) is 11.1 Å². The van der Waals surface area contributed by atoms with E-state index in [-0.39, 0.29) is 11.0 Å². The molecule has 0 saturated carbocycles. The Labute approximate surface area is 153 Å². The molecular weight excluding hydrogens is 362 g/mol. The number of ether oxygens (including phenoxy) is 1. The lowest BCUT2D eigenvalue weighted by atomic mass is 10.2. The summed E-state index contributed by atoms with van der Waals surface area (Å²) in [5.41, 5.74) is 1.12. The third-order valence-corrected chi connectivity index (χ3v) is 4.58. The van der Waals surface area contributed by atoms with E-state index < -0.39 is 5.91 Å². The van der Waals surface area contributed by atoms with Gasteiger partial charge in [-0.2, -0.15) is 0 Å². The number of carbonyl (C=O) groups is 2. The summed E-state index contributed by atoms with van der Waals surface area (Å²) in [4.78, 5) is 26.2. The van der Waals surface area contributed by atoms with Crippen LogP contribution in [-0.4, -0.2) is 22.9 Å². The van der Waals surface area contributed by atoms with E-state index in [2.05, 4.69) is 0 Å². The minimum atomic E-state index is -0.400.